The summed E-state index contributed by atoms with van der Waals surface area (Å²) in [5.41, 5.74) is 2.16. The fourth-order valence-electron chi connectivity index (χ4n) is 4.74. The first kappa shape index (κ1) is 20.8. The van der Waals surface area contributed by atoms with Crippen LogP contribution in [0, 0.1) is 0 Å². The van der Waals surface area contributed by atoms with Crippen molar-refractivity contribution in [2.45, 2.75) is 25.4 Å². The fourth-order valence-corrected chi connectivity index (χ4v) is 4.74. The standard InChI is InChI=1S/C24H33N3O3/c1-29-21-10-9-19(23(28)16-21)17-25-11-5-6-20(18-25)26-12-14-27(15-13-26)22-7-3-4-8-24(22)30-2/h3-4,7-10,16,20,28H,5-6,11-15,17-18H2,1-2H3/t20-/m0/s1. The van der Waals surface area contributed by atoms with Crippen molar-refractivity contribution in [2.24, 2.45) is 0 Å². The Morgan fingerprint density at radius 1 is 0.967 bits per heavy atom. The first-order chi connectivity index (χ1) is 14.7. The molecule has 4 rings (SSSR count). The van der Waals surface area contributed by atoms with Crippen LogP contribution in [0.1, 0.15) is 18.4 Å². The van der Waals surface area contributed by atoms with Gasteiger partial charge in [0.05, 0.1) is 19.9 Å². The van der Waals surface area contributed by atoms with Crippen LogP contribution in [0.15, 0.2) is 42.5 Å². The second-order valence-corrected chi connectivity index (χ2v) is 8.22. The number of hydrogen-bond acceptors (Lipinski definition) is 6. The van der Waals surface area contributed by atoms with E-state index in [0.717, 1.165) is 57.1 Å². The number of nitrogens with zero attached hydrogens (tertiary/aromatic N) is 3. The third-order valence-electron chi connectivity index (χ3n) is 6.42. The monoisotopic (exact) mass is 411 g/mol. The Hall–Kier alpha value is -2.44. The highest BCUT2D eigenvalue weighted by molar-refractivity contribution is 5.58. The van der Waals surface area contributed by atoms with E-state index in [4.69, 9.17) is 9.47 Å². The molecule has 1 N–H and O–H groups in total. The molecule has 2 aliphatic heterocycles. The highest BCUT2D eigenvalue weighted by Gasteiger charge is 2.29. The van der Waals surface area contributed by atoms with Gasteiger partial charge in [0.1, 0.15) is 17.2 Å². The van der Waals surface area contributed by atoms with E-state index in [2.05, 4.69) is 26.8 Å². The van der Waals surface area contributed by atoms with Gasteiger partial charge in [0.25, 0.3) is 0 Å². The predicted octanol–water partition coefficient (Wildman–Crippen LogP) is 3.20. The second-order valence-electron chi connectivity index (χ2n) is 8.22. The highest BCUT2D eigenvalue weighted by atomic mass is 16.5. The van der Waals surface area contributed by atoms with Crippen molar-refractivity contribution in [3.63, 3.8) is 0 Å². The number of piperazine rings is 1. The summed E-state index contributed by atoms with van der Waals surface area (Å²) in [5, 5.41) is 10.3. The second kappa shape index (κ2) is 9.58. The number of likely N-dealkylation sites (tertiary alicyclic amines) is 1. The number of aromatic hydroxyl groups is 1. The van der Waals surface area contributed by atoms with Crippen LogP contribution in [-0.2, 0) is 6.54 Å². The zero-order valence-corrected chi connectivity index (χ0v) is 18.1. The normalized spacial score (nSPS) is 20.9. The SMILES string of the molecule is COc1ccc(CN2CCC[C@H](N3CCN(c4ccccc4OC)CC3)C2)c(O)c1. The number of phenolic OH excluding ortho intramolecular Hbond substituents is 1. The first-order valence-electron chi connectivity index (χ1n) is 10.9. The van der Waals surface area contributed by atoms with Gasteiger partial charge in [-0.15, -0.1) is 0 Å². The molecule has 0 spiro atoms. The van der Waals surface area contributed by atoms with Crippen LogP contribution in [-0.4, -0.2) is 74.4 Å². The summed E-state index contributed by atoms with van der Waals surface area (Å²) >= 11 is 0. The Morgan fingerprint density at radius 3 is 2.50 bits per heavy atom. The Bertz CT molecular complexity index is 836. The van der Waals surface area contributed by atoms with Crippen molar-refractivity contribution < 1.29 is 14.6 Å². The van der Waals surface area contributed by atoms with Crippen LogP contribution in [0.3, 0.4) is 0 Å². The van der Waals surface area contributed by atoms with Crippen molar-refractivity contribution in [2.75, 3.05) is 58.4 Å². The molecule has 30 heavy (non-hydrogen) atoms. The molecule has 0 amide bonds. The summed E-state index contributed by atoms with van der Waals surface area (Å²) in [5.74, 6) is 1.97. The van der Waals surface area contributed by atoms with E-state index in [-0.39, 0.29) is 0 Å². The van der Waals surface area contributed by atoms with Gasteiger partial charge in [-0.05, 0) is 37.6 Å². The lowest BCUT2D eigenvalue weighted by Gasteiger charge is -2.44. The number of methoxy groups -OCH3 is 2. The van der Waals surface area contributed by atoms with E-state index >= 15 is 0 Å². The van der Waals surface area contributed by atoms with Crippen molar-refractivity contribution >= 4 is 5.69 Å². The number of benzene rings is 2. The van der Waals surface area contributed by atoms with Crippen LogP contribution >= 0.6 is 0 Å². The van der Waals surface area contributed by atoms with E-state index in [9.17, 15) is 5.11 Å². The number of ether oxygens (including phenoxy) is 2. The molecule has 2 saturated heterocycles. The third kappa shape index (κ3) is 4.65. The molecule has 162 valence electrons. The molecule has 2 heterocycles. The Morgan fingerprint density at radius 2 is 1.77 bits per heavy atom. The van der Waals surface area contributed by atoms with Gasteiger partial charge >= 0.3 is 0 Å². The molecular formula is C24H33N3O3. The van der Waals surface area contributed by atoms with Crippen LogP contribution in [0.5, 0.6) is 17.2 Å². The summed E-state index contributed by atoms with van der Waals surface area (Å²) in [6, 6.07) is 14.5. The minimum Gasteiger partial charge on any atom is -0.507 e. The van der Waals surface area contributed by atoms with Gasteiger partial charge in [-0.3, -0.25) is 9.80 Å². The summed E-state index contributed by atoms with van der Waals surface area (Å²) in [6.45, 7) is 7.12. The van der Waals surface area contributed by atoms with Crippen LogP contribution in [0.4, 0.5) is 5.69 Å². The van der Waals surface area contributed by atoms with E-state index in [1.54, 1.807) is 20.3 Å². The highest BCUT2D eigenvalue weighted by Crippen LogP contribution is 2.30. The number of anilines is 1. The van der Waals surface area contributed by atoms with Crippen LogP contribution < -0.4 is 14.4 Å². The number of phenols is 1. The molecule has 0 bridgehead atoms. The van der Waals surface area contributed by atoms with Gasteiger partial charge in [0.15, 0.2) is 0 Å². The molecule has 0 saturated carbocycles. The predicted molar refractivity (Wildman–Crippen MR) is 120 cm³/mol. The first-order valence-corrected chi connectivity index (χ1v) is 10.9. The van der Waals surface area contributed by atoms with Crippen molar-refractivity contribution in [1.29, 1.82) is 0 Å². The quantitative estimate of drug-likeness (QED) is 0.788. The van der Waals surface area contributed by atoms with Gasteiger partial charge in [-0.25, -0.2) is 0 Å². The molecule has 2 aromatic rings. The average Bonchev–Trinajstić information content (AvgIpc) is 2.80. The maximum atomic E-state index is 10.3. The lowest BCUT2D eigenvalue weighted by molar-refractivity contribution is 0.0882. The van der Waals surface area contributed by atoms with Crippen molar-refractivity contribution in [3.05, 3.63) is 48.0 Å². The lowest BCUT2D eigenvalue weighted by Crippen LogP contribution is -2.55. The Labute approximate surface area is 179 Å². The smallest absolute Gasteiger partial charge is 0.142 e. The van der Waals surface area contributed by atoms with E-state index in [1.807, 2.05) is 24.3 Å². The molecule has 1 atom stereocenters. The molecule has 0 aliphatic carbocycles. The minimum atomic E-state index is 0.321. The number of rotatable bonds is 6. The Balaban J connectivity index is 1.33. The molecule has 2 fully saturated rings. The maximum absolute atomic E-state index is 10.3. The average molecular weight is 412 g/mol. The number of para-hydroxylation sites is 2. The fraction of sp³-hybridized carbons (Fsp3) is 0.500. The van der Waals surface area contributed by atoms with Gasteiger partial charge in [-0.1, -0.05) is 18.2 Å². The van der Waals surface area contributed by atoms with Crippen LogP contribution in [0.25, 0.3) is 0 Å². The largest absolute Gasteiger partial charge is 0.507 e. The summed E-state index contributed by atoms with van der Waals surface area (Å²) in [4.78, 5) is 7.56. The number of hydrogen-bond donors (Lipinski definition) is 1. The summed E-state index contributed by atoms with van der Waals surface area (Å²) in [6.07, 6.45) is 2.45. The molecule has 6 nitrogen and oxygen atoms in total. The third-order valence-corrected chi connectivity index (χ3v) is 6.42. The maximum Gasteiger partial charge on any atom is 0.142 e. The molecule has 2 aliphatic rings. The zero-order chi connectivity index (χ0) is 20.9. The molecular weight excluding hydrogens is 378 g/mol. The molecule has 0 radical (unpaired) electrons. The summed E-state index contributed by atoms with van der Waals surface area (Å²) < 4.78 is 10.7. The van der Waals surface area contributed by atoms with Crippen molar-refractivity contribution in [3.8, 4) is 17.2 Å². The molecule has 0 aromatic heterocycles. The van der Waals surface area contributed by atoms with E-state index in [1.165, 1.54) is 18.5 Å². The topological polar surface area (TPSA) is 48.4 Å². The van der Waals surface area contributed by atoms with E-state index < -0.39 is 0 Å². The zero-order valence-electron chi connectivity index (χ0n) is 18.1. The van der Waals surface area contributed by atoms with Gasteiger partial charge in [-0.2, -0.15) is 0 Å². The summed E-state index contributed by atoms with van der Waals surface area (Å²) in [7, 11) is 3.36. The van der Waals surface area contributed by atoms with Gasteiger partial charge in [0, 0.05) is 56.9 Å². The Kier molecular flexibility index (Phi) is 6.65. The lowest BCUT2D eigenvalue weighted by atomic mass is 10.0. The van der Waals surface area contributed by atoms with Gasteiger partial charge in [0.2, 0.25) is 0 Å². The molecule has 6 heteroatoms. The molecule has 2 aromatic carbocycles. The van der Waals surface area contributed by atoms with E-state index in [0.29, 0.717) is 17.5 Å². The van der Waals surface area contributed by atoms with Gasteiger partial charge < -0.3 is 19.5 Å². The number of piperidine rings is 1. The minimum absolute atomic E-state index is 0.321. The van der Waals surface area contributed by atoms with Crippen molar-refractivity contribution in [1.82, 2.24) is 9.80 Å². The van der Waals surface area contributed by atoms with Crippen LogP contribution in [0.2, 0.25) is 0 Å². The molecule has 0 unspecified atom stereocenters.